The molecule has 6 nitrogen and oxygen atoms in total. The van der Waals surface area contributed by atoms with Crippen molar-refractivity contribution >= 4 is 46.1 Å². The third-order valence-corrected chi connectivity index (χ3v) is 6.92. The maximum atomic E-state index is 13.1. The lowest BCUT2D eigenvalue weighted by Gasteiger charge is -2.33. The van der Waals surface area contributed by atoms with Crippen LogP contribution in [0.2, 0.25) is 0 Å². The van der Waals surface area contributed by atoms with E-state index < -0.39 is 0 Å². The highest BCUT2D eigenvalue weighted by Gasteiger charge is 2.32. The SMILES string of the molecule is CCCN1C(=O)/C(=C/c2c(C)c(C#N)c(=O)n(CCC)c2N2CCCCC2)SC1=S. The molecule has 2 aliphatic heterocycles. The molecule has 0 bridgehead atoms. The number of hydrogen-bond acceptors (Lipinski definition) is 6. The number of nitriles is 1. The van der Waals surface area contributed by atoms with Crippen LogP contribution in [0.15, 0.2) is 9.70 Å². The van der Waals surface area contributed by atoms with Crippen LogP contribution in [0, 0.1) is 18.3 Å². The number of carbonyl (C=O) groups is 1. The van der Waals surface area contributed by atoms with Gasteiger partial charge in [-0.3, -0.25) is 19.1 Å². The van der Waals surface area contributed by atoms with E-state index >= 15 is 0 Å². The molecule has 160 valence electrons. The second-order valence-corrected chi connectivity index (χ2v) is 9.36. The van der Waals surface area contributed by atoms with Gasteiger partial charge < -0.3 is 4.90 Å². The average Bonchev–Trinajstić information content (AvgIpc) is 3.00. The Bertz CT molecular complexity index is 984. The summed E-state index contributed by atoms with van der Waals surface area (Å²) in [4.78, 5) is 30.5. The van der Waals surface area contributed by atoms with E-state index in [1.165, 1.54) is 18.2 Å². The van der Waals surface area contributed by atoms with E-state index in [1.54, 1.807) is 9.47 Å². The van der Waals surface area contributed by atoms with Crippen LogP contribution in [0.25, 0.3) is 6.08 Å². The Kier molecular flexibility index (Phi) is 7.37. The van der Waals surface area contributed by atoms with Gasteiger partial charge >= 0.3 is 0 Å². The Morgan fingerprint density at radius 1 is 1.13 bits per heavy atom. The van der Waals surface area contributed by atoms with Crippen molar-refractivity contribution in [3.63, 3.8) is 0 Å². The van der Waals surface area contributed by atoms with E-state index in [-0.39, 0.29) is 17.0 Å². The molecule has 30 heavy (non-hydrogen) atoms. The molecule has 2 saturated heterocycles. The van der Waals surface area contributed by atoms with Crippen LogP contribution in [-0.4, -0.2) is 39.3 Å². The molecule has 0 aromatic carbocycles. The Labute approximate surface area is 187 Å². The Morgan fingerprint density at radius 2 is 1.80 bits per heavy atom. The topological polar surface area (TPSA) is 69.3 Å². The minimum atomic E-state index is -0.242. The summed E-state index contributed by atoms with van der Waals surface area (Å²) in [7, 11) is 0. The zero-order valence-electron chi connectivity index (χ0n) is 17.9. The number of amides is 1. The molecule has 0 radical (unpaired) electrons. The average molecular weight is 445 g/mol. The quantitative estimate of drug-likeness (QED) is 0.487. The molecule has 0 aliphatic carbocycles. The lowest BCUT2D eigenvalue weighted by molar-refractivity contribution is -0.122. The van der Waals surface area contributed by atoms with Crippen molar-refractivity contribution in [1.29, 1.82) is 5.26 Å². The number of piperidine rings is 1. The van der Waals surface area contributed by atoms with E-state index in [1.807, 2.05) is 26.8 Å². The van der Waals surface area contributed by atoms with Gasteiger partial charge in [-0.05, 0) is 50.7 Å². The van der Waals surface area contributed by atoms with E-state index in [0.717, 1.165) is 50.2 Å². The van der Waals surface area contributed by atoms with Crippen molar-refractivity contribution < 1.29 is 4.79 Å². The molecule has 3 rings (SSSR count). The van der Waals surface area contributed by atoms with E-state index in [9.17, 15) is 14.9 Å². The summed E-state index contributed by atoms with van der Waals surface area (Å²) in [5.41, 5.74) is 1.34. The number of rotatable bonds is 6. The Morgan fingerprint density at radius 3 is 2.40 bits per heavy atom. The normalized spacial score (nSPS) is 18.4. The summed E-state index contributed by atoms with van der Waals surface area (Å²) in [6.45, 7) is 8.71. The number of thioether (sulfide) groups is 1. The predicted molar refractivity (Wildman–Crippen MR) is 127 cm³/mol. The van der Waals surface area contributed by atoms with Crippen molar-refractivity contribution in [2.24, 2.45) is 0 Å². The second kappa shape index (κ2) is 9.80. The lowest BCUT2D eigenvalue weighted by Crippen LogP contribution is -2.37. The van der Waals surface area contributed by atoms with Crippen LogP contribution in [0.3, 0.4) is 0 Å². The van der Waals surface area contributed by atoms with Gasteiger partial charge in [0.1, 0.15) is 21.8 Å². The van der Waals surface area contributed by atoms with Gasteiger partial charge in [0.25, 0.3) is 11.5 Å². The zero-order valence-corrected chi connectivity index (χ0v) is 19.5. The van der Waals surface area contributed by atoms with E-state index in [0.29, 0.717) is 27.9 Å². The van der Waals surface area contributed by atoms with E-state index in [2.05, 4.69) is 11.0 Å². The maximum absolute atomic E-state index is 13.1. The summed E-state index contributed by atoms with van der Waals surface area (Å²) in [6, 6.07) is 2.10. The first kappa shape index (κ1) is 22.6. The van der Waals surface area contributed by atoms with Gasteiger partial charge in [0, 0.05) is 31.7 Å². The molecule has 2 fully saturated rings. The highest BCUT2D eigenvalue weighted by molar-refractivity contribution is 8.26. The van der Waals surface area contributed by atoms with Crippen molar-refractivity contribution in [2.75, 3.05) is 24.5 Å². The van der Waals surface area contributed by atoms with Crippen LogP contribution < -0.4 is 10.5 Å². The van der Waals surface area contributed by atoms with Gasteiger partial charge in [0.05, 0.1) is 4.91 Å². The third-order valence-electron chi connectivity index (χ3n) is 5.55. The van der Waals surface area contributed by atoms with E-state index in [4.69, 9.17) is 12.2 Å². The highest BCUT2D eigenvalue weighted by Crippen LogP contribution is 2.36. The van der Waals surface area contributed by atoms with Gasteiger partial charge in [-0.25, -0.2) is 0 Å². The predicted octanol–water partition coefficient (Wildman–Crippen LogP) is 4.04. The number of pyridine rings is 1. The lowest BCUT2D eigenvalue weighted by atomic mass is 10.0. The van der Waals surface area contributed by atoms with Gasteiger partial charge in [-0.2, -0.15) is 5.26 Å². The standard InChI is InChI=1S/C22H28N4O2S2/c1-4-9-25-19(24-11-7-6-8-12-24)16(15(3)17(14-23)20(25)27)13-18-21(28)26(10-5-2)22(29)30-18/h13H,4-12H2,1-3H3/b18-13-. The van der Waals surface area contributed by atoms with Crippen molar-refractivity contribution in [3.8, 4) is 6.07 Å². The summed E-state index contributed by atoms with van der Waals surface area (Å²) in [6.07, 6.45) is 6.77. The van der Waals surface area contributed by atoms with Crippen molar-refractivity contribution in [2.45, 2.75) is 59.4 Å². The minimum absolute atomic E-state index is 0.0948. The molecule has 0 saturated carbocycles. The van der Waals surface area contributed by atoms with Gasteiger partial charge in [-0.15, -0.1) is 0 Å². The Hall–Kier alpha value is -2.11. The molecule has 0 atom stereocenters. The molecule has 0 unspecified atom stereocenters. The maximum Gasteiger partial charge on any atom is 0.270 e. The summed E-state index contributed by atoms with van der Waals surface area (Å²) >= 11 is 6.71. The monoisotopic (exact) mass is 444 g/mol. The molecular weight excluding hydrogens is 416 g/mol. The summed E-state index contributed by atoms with van der Waals surface area (Å²) in [5, 5.41) is 9.69. The smallest absolute Gasteiger partial charge is 0.270 e. The summed E-state index contributed by atoms with van der Waals surface area (Å²) < 4.78 is 2.29. The largest absolute Gasteiger partial charge is 0.357 e. The molecule has 2 aliphatic rings. The first-order valence-electron chi connectivity index (χ1n) is 10.6. The molecule has 1 aromatic heterocycles. The fourth-order valence-electron chi connectivity index (χ4n) is 4.07. The first-order chi connectivity index (χ1) is 14.4. The fraction of sp³-hybridized carbons (Fsp3) is 0.545. The molecule has 1 amide bonds. The molecule has 0 spiro atoms. The fourth-order valence-corrected chi connectivity index (χ4v) is 5.36. The van der Waals surface area contributed by atoms with Crippen LogP contribution in [0.5, 0.6) is 0 Å². The summed E-state index contributed by atoms with van der Waals surface area (Å²) in [5.74, 6) is 0.737. The number of thiocarbonyl (C=S) groups is 1. The molecule has 8 heteroatoms. The van der Waals surface area contributed by atoms with Crippen molar-refractivity contribution in [3.05, 3.63) is 31.9 Å². The van der Waals surface area contributed by atoms with Crippen LogP contribution >= 0.6 is 24.0 Å². The zero-order chi connectivity index (χ0) is 21.8. The number of aromatic nitrogens is 1. The number of anilines is 1. The van der Waals surface area contributed by atoms with Gasteiger partial charge in [0.2, 0.25) is 0 Å². The van der Waals surface area contributed by atoms with Crippen LogP contribution in [0.4, 0.5) is 5.82 Å². The van der Waals surface area contributed by atoms with Gasteiger partial charge in [0.15, 0.2) is 0 Å². The Balaban J connectivity index is 2.23. The highest BCUT2D eigenvalue weighted by atomic mass is 32.2. The first-order valence-corrected chi connectivity index (χ1v) is 11.8. The number of carbonyl (C=O) groups excluding carboxylic acids is 1. The molecule has 3 heterocycles. The number of hydrogen-bond donors (Lipinski definition) is 0. The van der Waals surface area contributed by atoms with Gasteiger partial charge in [-0.1, -0.05) is 37.8 Å². The number of nitrogens with zero attached hydrogens (tertiary/aromatic N) is 4. The molecule has 0 N–H and O–H groups in total. The van der Waals surface area contributed by atoms with Crippen LogP contribution in [-0.2, 0) is 11.3 Å². The van der Waals surface area contributed by atoms with Crippen molar-refractivity contribution in [1.82, 2.24) is 9.47 Å². The molecular formula is C22H28N4O2S2. The molecule has 1 aromatic rings. The second-order valence-electron chi connectivity index (χ2n) is 7.69. The minimum Gasteiger partial charge on any atom is -0.357 e. The third kappa shape index (κ3) is 4.19. The van der Waals surface area contributed by atoms with Crippen LogP contribution in [0.1, 0.15) is 62.6 Å².